The fourth-order valence-electron chi connectivity index (χ4n) is 3.34. The molecule has 2 aromatic rings. The predicted molar refractivity (Wildman–Crippen MR) is 111 cm³/mol. The molecule has 160 valence electrons. The second kappa shape index (κ2) is 8.75. The normalized spacial score (nSPS) is 18.8. The molecule has 3 N–H and O–H groups in total. The lowest BCUT2D eigenvalue weighted by atomic mass is 9.99. The van der Waals surface area contributed by atoms with E-state index in [-0.39, 0.29) is 30.2 Å². The number of methoxy groups -OCH3 is 1. The van der Waals surface area contributed by atoms with Gasteiger partial charge in [0.25, 0.3) is 11.8 Å². The molecular formula is C22H22N4O5. The summed E-state index contributed by atoms with van der Waals surface area (Å²) in [7, 11) is 1.39. The summed E-state index contributed by atoms with van der Waals surface area (Å²) in [6, 6.07) is 5.95. The Hall–Kier alpha value is -4.06. The van der Waals surface area contributed by atoms with Gasteiger partial charge in [0.05, 0.1) is 19.2 Å². The smallest absolute Gasteiger partial charge is 0.323 e. The summed E-state index contributed by atoms with van der Waals surface area (Å²) in [5, 5.41) is 15.0. The maximum Gasteiger partial charge on any atom is 0.323 e. The second-order valence-electron chi connectivity index (χ2n) is 6.62. The molecule has 4 amide bonds. The van der Waals surface area contributed by atoms with Crippen molar-refractivity contribution in [2.75, 3.05) is 13.7 Å². The van der Waals surface area contributed by atoms with Gasteiger partial charge < -0.3 is 20.1 Å². The van der Waals surface area contributed by atoms with Crippen molar-refractivity contribution in [3.8, 4) is 23.3 Å². The Morgan fingerprint density at radius 2 is 2.03 bits per heavy atom. The van der Waals surface area contributed by atoms with E-state index in [0.717, 1.165) is 0 Å². The van der Waals surface area contributed by atoms with E-state index in [9.17, 15) is 19.5 Å². The topological polar surface area (TPSA) is 121 Å². The molecule has 0 saturated carbocycles. The van der Waals surface area contributed by atoms with Gasteiger partial charge in [-0.15, -0.1) is 0 Å². The number of phenolic OH excluding ortho intramolecular Hbond substituents is 1. The van der Waals surface area contributed by atoms with Crippen LogP contribution in [-0.4, -0.2) is 52.0 Å². The number of amides is 4. The lowest BCUT2D eigenvalue weighted by Crippen LogP contribution is -2.54. The van der Waals surface area contributed by atoms with Crippen LogP contribution in [0.2, 0.25) is 0 Å². The van der Waals surface area contributed by atoms with E-state index < -0.39 is 23.4 Å². The molecule has 1 fully saturated rings. The molecule has 0 bridgehead atoms. The summed E-state index contributed by atoms with van der Waals surface area (Å²) in [4.78, 5) is 42.6. The average Bonchev–Trinajstić information content (AvgIpc) is 3.25. The predicted octanol–water partition coefficient (Wildman–Crippen LogP) is 1.41. The van der Waals surface area contributed by atoms with Crippen LogP contribution in [0.3, 0.4) is 0 Å². The van der Waals surface area contributed by atoms with Crippen molar-refractivity contribution in [1.82, 2.24) is 20.5 Å². The number of carbonyl (C=O) groups is 3. The molecule has 2 aliphatic heterocycles. The molecule has 1 atom stereocenters. The van der Waals surface area contributed by atoms with Gasteiger partial charge in [0.15, 0.2) is 11.5 Å². The van der Waals surface area contributed by atoms with Crippen molar-refractivity contribution in [3.63, 3.8) is 0 Å². The fourth-order valence-corrected chi connectivity index (χ4v) is 3.34. The number of aromatic nitrogens is 1. The molecule has 9 nitrogen and oxygen atoms in total. The third-order valence-electron chi connectivity index (χ3n) is 4.76. The van der Waals surface area contributed by atoms with E-state index in [1.807, 2.05) is 13.8 Å². The molecule has 0 aliphatic carbocycles. The number of hydrogen-bond donors (Lipinski definition) is 3. The van der Waals surface area contributed by atoms with Gasteiger partial charge in [0.1, 0.15) is 0 Å². The van der Waals surface area contributed by atoms with E-state index in [1.165, 1.54) is 18.2 Å². The van der Waals surface area contributed by atoms with Crippen LogP contribution in [0, 0.1) is 11.8 Å². The van der Waals surface area contributed by atoms with Crippen molar-refractivity contribution < 1.29 is 24.2 Å². The molecule has 3 heterocycles. The largest absolute Gasteiger partial charge is 0.504 e. The van der Waals surface area contributed by atoms with Gasteiger partial charge in [0, 0.05) is 24.5 Å². The van der Waals surface area contributed by atoms with Gasteiger partial charge in [-0.05, 0) is 23.8 Å². The molecule has 4 rings (SSSR count). The minimum Gasteiger partial charge on any atom is -0.504 e. The van der Waals surface area contributed by atoms with Crippen LogP contribution in [0.15, 0.2) is 36.7 Å². The highest BCUT2D eigenvalue weighted by Crippen LogP contribution is 2.37. The first-order valence-electron chi connectivity index (χ1n) is 9.68. The zero-order chi connectivity index (χ0) is 22.6. The first-order chi connectivity index (χ1) is 14.9. The quantitative estimate of drug-likeness (QED) is 0.508. The molecule has 2 aliphatic rings. The number of pyridine rings is 1. The number of phenols is 1. The number of urea groups is 1. The standard InChI is InChI=1S/C20H16N4O5.C2H6/c1-29-14-5-4-13-10-24(17(26)15(13)16(14)25)11-20(18(27)22-19(28)23-20)7-6-12-3-2-8-21-9-12;1-2/h2-5,8-9,25H,10-11H2,1H3,(H2,22,23,27,28);1-2H3. The van der Waals surface area contributed by atoms with Gasteiger partial charge in [-0.2, -0.15) is 0 Å². The van der Waals surface area contributed by atoms with Crippen LogP contribution in [0.25, 0.3) is 0 Å². The number of imide groups is 1. The molecular weight excluding hydrogens is 400 g/mol. The molecule has 1 aromatic carbocycles. The Kier molecular flexibility index (Phi) is 6.11. The Bertz CT molecular complexity index is 1090. The lowest BCUT2D eigenvalue weighted by molar-refractivity contribution is -0.122. The van der Waals surface area contributed by atoms with E-state index in [1.54, 1.807) is 30.5 Å². The lowest BCUT2D eigenvalue weighted by Gasteiger charge is -2.26. The van der Waals surface area contributed by atoms with Gasteiger partial charge in [-0.25, -0.2) is 4.79 Å². The Labute approximate surface area is 179 Å². The van der Waals surface area contributed by atoms with Gasteiger partial charge in [-0.3, -0.25) is 19.9 Å². The van der Waals surface area contributed by atoms with E-state index in [0.29, 0.717) is 11.1 Å². The number of rotatable bonds is 3. The molecule has 0 radical (unpaired) electrons. The van der Waals surface area contributed by atoms with Crippen molar-refractivity contribution in [2.45, 2.75) is 25.9 Å². The number of nitrogens with one attached hydrogen (secondary N) is 2. The number of carbonyl (C=O) groups excluding carboxylic acids is 3. The summed E-state index contributed by atoms with van der Waals surface area (Å²) >= 11 is 0. The number of hydrogen-bond acceptors (Lipinski definition) is 6. The summed E-state index contributed by atoms with van der Waals surface area (Å²) in [5.41, 5.74) is -0.360. The van der Waals surface area contributed by atoms with Crippen LogP contribution in [0.1, 0.15) is 35.3 Å². The SMILES string of the molecule is CC.COc1ccc2c(c1O)C(=O)N(CC1(C#Cc3cccnc3)NC(=O)NC1=O)C2. The van der Waals surface area contributed by atoms with Crippen LogP contribution in [0.5, 0.6) is 11.5 Å². The minimum absolute atomic E-state index is 0.115. The van der Waals surface area contributed by atoms with E-state index >= 15 is 0 Å². The molecule has 1 saturated heterocycles. The van der Waals surface area contributed by atoms with Gasteiger partial charge in [-0.1, -0.05) is 31.8 Å². The van der Waals surface area contributed by atoms with Gasteiger partial charge >= 0.3 is 6.03 Å². The van der Waals surface area contributed by atoms with Gasteiger partial charge in [0.2, 0.25) is 5.54 Å². The number of benzene rings is 1. The van der Waals surface area contributed by atoms with Crippen molar-refractivity contribution in [2.24, 2.45) is 0 Å². The first kappa shape index (κ1) is 21.6. The monoisotopic (exact) mass is 422 g/mol. The third kappa shape index (κ3) is 4.00. The highest BCUT2D eigenvalue weighted by atomic mass is 16.5. The summed E-state index contributed by atoms with van der Waals surface area (Å²) < 4.78 is 5.06. The molecule has 1 unspecified atom stereocenters. The molecule has 9 heteroatoms. The van der Waals surface area contributed by atoms with Crippen LogP contribution in [-0.2, 0) is 11.3 Å². The summed E-state index contributed by atoms with van der Waals surface area (Å²) in [5.74, 6) is 4.40. The average molecular weight is 422 g/mol. The molecule has 31 heavy (non-hydrogen) atoms. The van der Waals surface area contributed by atoms with E-state index in [4.69, 9.17) is 4.74 Å². The summed E-state index contributed by atoms with van der Waals surface area (Å²) in [6.45, 7) is 3.97. The number of ether oxygens (including phenoxy) is 1. The van der Waals surface area contributed by atoms with Crippen LogP contribution < -0.4 is 15.4 Å². The molecule has 1 aromatic heterocycles. The van der Waals surface area contributed by atoms with E-state index in [2.05, 4.69) is 27.5 Å². The zero-order valence-corrected chi connectivity index (χ0v) is 17.4. The Morgan fingerprint density at radius 1 is 1.26 bits per heavy atom. The van der Waals surface area contributed by atoms with Crippen LogP contribution in [0.4, 0.5) is 4.79 Å². The zero-order valence-electron chi connectivity index (χ0n) is 17.4. The summed E-state index contributed by atoms with van der Waals surface area (Å²) in [6.07, 6.45) is 3.11. The highest BCUT2D eigenvalue weighted by molar-refractivity contribution is 6.10. The number of aromatic hydroxyl groups is 1. The third-order valence-corrected chi connectivity index (χ3v) is 4.76. The Morgan fingerprint density at radius 3 is 2.65 bits per heavy atom. The van der Waals surface area contributed by atoms with Crippen molar-refractivity contribution in [1.29, 1.82) is 0 Å². The maximum absolute atomic E-state index is 12.9. The second-order valence-corrected chi connectivity index (χ2v) is 6.62. The Balaban J connectivity index is 0.00000132. The maximum atomic E-state index is 12.9. The molecule has 0 spiro atoms. The van der Waals surface area contributed by atoms with Crippen LogP contribution >= 0.6 is 0 Å². The first-order valence-corrected chi connectivity index (χ1v) is 9.68. The number of nitrogens with zero attached hydrogens (tertiary/aromatic N) is 2. The highest BCUT2D eigenvalue weighted by Gasteiger charge is 2.48. The number of fused-ring (bicyclic) bond motifs is 1. The van der Waals surface area contributed by atoms with Crippen molar-refractivity contribution in [3.05, 3.63) is 53.3 Å². The minimum atomic E-state index is -1.62. The fraction of sp³-hybridized carbons (Fsp3) is 0.273. The van der Waals surface area contributed by atoms with Crippen molar-refractivity contribution >= 4 is 17.8 Å².